The van der Waals surface area contributed by atoms with Gasteiger partial charge in [0.15, 0.2) is 0 Å². The van der Waals surface area contributed by atoms with Crippen LogP contribution in [0.3, 0.4) is 0 Å². The number of ether oxygens (including phenoxy) is 1. The molecule has 11 nitrogen and oxygen atoms in total. The molecule has 41 heavy (non-hydrogen) atoms. The van der Waals surface area contributed by atoms with Crippen LogP contribution in [0.5, 0.6) is 5.75 Å². The second-order valence-electron chi connectivity index (χ2n) is 10.5. The molecule has 0 unspecified atom stereocenters. The lowest BCUT2D eigenvalue weighted by atomic mass is 10.0. The normalized spacial score (nSPS) is 17.9. The van der Waals surface area contributed by atoms with Crippen LogP contribution in [0.2, 0.25) is 0 Å². The number of hydrogen-bond donors (Lipinski definition) is 4. The van der Waals surface area contributed by atoms with E-state index in [-0.39, 0.29) is 17.9 Å². The Morgan fingerprint density at radius 1 is 0.976 bits per heavy atom. The largest absolute Gasteiger partial charge is 0.547 e. The van der Waals surface area contributed by atoms with Crippen molar-refractivity contribution in [3.8, 4) is 5.75 Å². The number of likely N-dealkylation sites (tertiary alicyclic amines) is 1. The Morgan fingerprint density at radius 2 is 1.49 bits per heavy atom. The Hall–Kier alpha value is -3.74. The monoisotopic (exact) mass is 576 g/mol. The molecule has 1 heterocycles. The number of quaternary nitrogens is 1. The van der Waals surface area contributed by atoms with Gasteiger partial charge in [-0.05, 0) is 41.3 Å². The number of carbonyl (C=O) groups is 3. The molecule has 0 bridgehead atoms. The number of carbonyl (C=O) groups excluding carboxylic acids is 3. The van der Waals surface area contributed by atoms with E-state index in [1.165, 1.54) is 17.0 Å². The number of amides is 2. The predicted octanol–water partition coefficient (Wildman–Crippen LogP) is -1.54. The zero-order valence-electron chi connectivity index (χ0n) is 23.5. The maximum atomic E-state index is 13.3. The predicted molar refractivity (Wildman–Crippen MR) is 143 cm³/mol. The minimum atomic E-state index is -2.44. The van der Waals surface area contributed by atoms with Gasteiger partial charge in [0.2, 0.25) is 0 Å². The summed E-state index contributed by atoms with van der Waals surface area (Å²) in [6, 6.07) is 14.4. The third-order valence-electron chi connectivity index (χ3n) is 6.51. The highest BCUT2D eigenvalue weighted by molar-refractivity contribution is 5.80. The highest BCUT2D eigenvalue weighted by atomic mass is 19.1. The maximum Gasteiger partial charge on any atom is 0.318 e. The second kappa shape index (κ2) is 16.5. The van der Waals surface area contributed by atoms with E-state index in [2.05, 4.69) is 26.2 Å². The number of aliphatic hydroxyl groups excluding tert-OH is 2. The Labute approximate surface area is 239 Å². The van der Waals surface area contributed by atoms with Crippen molar-refractivity contribution in [3.63, 3.8) is 0 Å². The molecule has 0 radical (unpaired) electrons. The van der Waals surface area contributed by atoms with Gasteiger partial charge in [-0.2, -0.15) is 0 Å². The smallest absolute Gasteiger partial charge is 0.318 e. The van der Waals surface area contributed by atoms with Crippen molar-refractivity contribution >= 4 is 18.0 Å². The Morgan fingerprint density at radius 3 is 1.98 bits per heavy atom. The van der Waals surface area contributed by atoms with E-state index in [9.17, 15) is 29.0 Å². The summed E-state index contributed by atoms with van der Waals surface area (Å²) >= 11 is 0. The molecule has 2 aromatic rings. The number of nitrogens with zero attached hydrogens (tertiary/aromatic N) is 1. The summed E-state index contributed by atoms with van der Waals surface area (Å²) in [5.41, 5.74) is 1.97. The summed E-state index contributed by atoms with van der Waals surface area (Å²) in [5.74, 6) is -3.06. The van der Waals surface area contributed by atoms with E-state index < -0.39 is 24.1 Å². The minimum Gasteiger partial charge on any atom is -0.547 e. The number of carboxylic acid groups (broad SMARTS) is 2. The van der Waals surface area contributed by atoms with Gasteiger partial charge in [0.1, 0.15) is 23.8 Å². The van der Waals surface area contributed by atoms with Crippen LogP contribution < -0.4 is 25.2 Å². The van der Waals surface area contributed by atoms with Crippen LogP contribution in [0, 0.1) is 11.7 Å². The number of hydrogen-bond acceptors (Lipinski definition) is 8. The summed E-state index contributed by atoms with van der Waals surface area (Å²) in [4.78, 5) is 35.8. The molecule has 0 aliphatic carbocycles. The molecule has 4 N–H and O–H groups in total. The molecule has 0 aromatic heterocycles. The number of aliphatic hydroxyl groups is 2. The van der Waals surface area contributed by atoms with Gasteiger partial charge in [-0.25, -0.2) is 9.18 Å². The molecule has 2 aromatic carbocycles. The van der Waals surface area contributed by atoms with E-state index in [1.807, 2.05) is 29.2 Å². The second-order valence-corrected chi connectivity index (χ2v) is 10.5. The summed E-state index contributed by atoms with van der Waals surface area (Å²) in [6.07, 6.45) is -2.93. The van der Waals surface area contributed by atoms with Crippen LogP contribution in [-0.4, -0.2) is 78.1 Å². The van der Waals surface area contributed by atoms with Gasteiger partial charge in [-0.15, -0.1) is 0 Å². The molecule has 3 rings (SSSR count). The van der Waals surface area contributed by atoms with Crippen molar-refractivity contribution in [2.75, 3.05) is 26.7 Å². The fraction of sp³-hybridized carbons (Fsp3) is 0.483. The summed E-state index contributed by atoms with van der Waals surface area (Å²) in [5, 5.41) is 38.8. The molecular formula is C29H39FN3O8-. The fourth-order valence-corrected chi connectivity index (χ4v) is 4.06. The van der Waals surface area contributed by atoms with Gasteiger partial charge >= 0.3 is 6.03 Å². The molecule has 0 saturated carbocycles. The Kier molecular flexibility index (Phi) is 13.5. The van der Waals surface area contributed by atoms with E-state index in [1.54, 1.807) is 12.1 Å². The van der Waals surface area contributed by atoms with Crippen molar-refractivity contribution in [1.29, 1.82) is 0 Å². The Bertz CT molecular complexity index is 1090. The number of halogens is 1. The number of rotatable bonds is 11. The van der Waals surface area contributed by atoms with Gasteiger partial charge < -0.3 is 49.9 Å². The zero-order valence-corrected chi connectivity index (χ0v) is 23.5. The molecule has 2 atom stereocenters. The molecule has 1 fully saturated rings. The first kappa shape index (κ1) is 33.5. The Balaban J connectivity index is 0.000000503. The summed E-state index contributed by atoms with van der Waals surface area (Å²) in [7, 11) is 2.19. The number of carboxylic acids is 2. The van der Waals surface area contributed by atoms with Crippen molar-refractivity contribution in [1.82, 2.24) is 10.2 Å². The van der Waals surface area contributed by atoms with Crippen molar-refractivity contribution < 1.29 is 48.8 Å². The van der Waals surface area contributed by atoms with Crippen molar-refractivity contribution in [2.45, 2.75) is 58.0 Å². The maximum absolute atomic E-state index is 13.3. The van der Waals surface area contributed by atoms with Crippen molar-refractivity contribution in [2.24, 2.45) is 5.92 Å². The third kappa shape index (κ3) is 11.7. The van der Waals surface area contributed by atoms with Crippen LogP contribution >= 0.6 is 0 Å². The average Bonchev–Trinajstić information content (AvgIpc) is 2.95. The first-order chi connectivity index (χ1) is 19.4. The first-order valence-electron chi connectivity index (χ1n) is 13.5. The lowest BCUT2D eigenvalue weighted by Gasteiger charge is -2.36. The topological polar surface area (TPSA) is 167 Å². The van der Waals surface area contributed by atoms with Crippen LogP contribution in [0.15, 0.2) is 48.5 Å². The van der Waals surface area contributed by atoms with E-state index in [0.717, 1.165) is 42.8 Å². The highest BCUT2D eigenvalue weighted by Crippen LogP contribution is 2.17. The molecule has 2 amide bonds. The SMILES string of the molecule is CC(C)COc1ccc(CNC(=O)N(Cc2ccc(F)cc2)C2CC[NH+](C)CC2)cc1.O=C([O-])[C@H](O)[C@@H](O)C(=O)[O-]. The van der Waals surface area contributed by atoms with E-state index in [0.29, 0.717) is 25.6 Å². The number of aliphatic carboxylic acids is 2. The highest BCUT2D eigenvalue weighted by Gasteiger charge is 2.28. The molecule has 1 saturated heterocycles. The molecule has 226 valence electrons. The van der Waals surface area contributed by atoms with Gasteiger partial charge in [0.25, 0.3) is 0 Å². The third-order valence-corrected chi connectivity index (χ3v) is 6.51. The van der Waals surface area contributed by atoms with Crippen LogP contribution in [0.25, 0.3) is 0 Å². The minimum absolute atomic E-state index is 0.0750. The number of piperidine rings is 1. The molecule has 12 heteroatoms. The van der Waals surface area contributed by atoms with Crippen LogP contribution in [0.1, 0.15) is 37.8 Å². The van der Waals surface area contributed by atoms with Crippen LogP contribution in [0.4, 0.5) is 9.18 Å². The molecule has 1 aliphatic heterocycles. The van der Waals surface area contributed by atoms with Gasteiger partial charge in [-0.3, -0.25) is 0 Å². The number of nitrogens with one attached hydrogen (secondary N) is 2. The molecule has 1 aliphatic rings. The van der Waals surface area contributed by atoms with Gasteiger partial charge in [0, 0.05) is 32.0 Å². The van der Waals surface area contributed by atoms with Crippen LogP contribution in [-0.2, 0) is 22.7 Å². The van der Waals surface area contributed by atoms with Gasteiger partial charge in [-0.1, -0.05) is 38.1 Å². The first-order valence-corrected chi connectivity index (χ1v) is 13.5. The van der Waals surface area contributed by atoms with E-state index in [4.69, 9.17) is 14.9 Å². The standard InChI is InChI=1S/C25H34FN3O2.C4H6O6/c1-19(2)18-31-24-10-6-20(7-11-24)16-27-25(30)29(23-12-14-28(3)15-13-23)17-21-4-8-22(26)9-5-21;5-1(3(7)8)2(6)4(9)10/h4-11,19,23H,12-18H2,1-3H3,(H,27,30);1-2,5-6H,(H,7,8)(H,9,10)/p-1/t;1-,2-/m.1/s1. The zero-order chi connectivity index (χ0) is 30.5. The lowest BCUT2D eigenvalue weighted by molar-refractivity contribution is -0.885. The summed E-state index contributed by atoms with van der Waals surface area (Å²) < 4.78 is 19.0. The average molecular weight is 577 g/mol. The quantitative estimate of drug-likeness (QED) is 0.250. The lowest BCUT2D eigenvalue weighted by Crippen LogP contribution is -3.10. The van der Waals surface area contributed by atoms with E-state index >= 15 is 0 Å². The molecule has 0 spiro atoms. The number of benzene rings is 2. The van der Waals surface area contributed by atoms with Gasteiger partial charge in [0.05, 0.1) is 38.7 Å². The number of urea groups is 1. The summed E-state index contributed by atoms with van der Waals surface area (Å²) in [6.45, 7) is 7.97. The molecular weight excluding hydrogens is 537 g/mol. The van der Waals surface area contributed by atoms with Crippen molar-refractivity contribution in [3.05, 3.63) is 65.5 Å². The fourth-order valence-electron chi connectivity index (χ4n) is 4.06.